The number of carboxylic acids is 1. The molecule has 0 radical (unpaired) electrons. The topological polar surface area (TPSA) is 55.8 Å². The fraction of sp³-hybridized carbons (Fsp3) is 0.875. The molecule has 0 aliphatic heterocycles. The van der Waals surface area contributed by atoms with Crippen LogP contribution in [0.5, 0.6) is 0 Å². The highest BCUT2D eigenvalue weighted by Gasteiger charge is 2.06. The highest BCUT2D eigenvalue weighted by Crippen LogP contribution is 1.97. The van der Waals surface area contributed by atoms with Crippen molar-refractivity contribution in [2.75, 3.05) is 20.3 Å². The Labute approximate surface area is 72.5 Å². The van der Waals surface area contributed by atoms with Gasteiger partial charge in [0.05, 0.1) is 12.5 Å². The van der Waals surface area contributed by atoms with Gasteiger partial charge in [0.25, 0.3) is 0 Å². The minimum atomic E-state index is -0.825. The van der Waals surface area contributed by atoms with Crippen molar-refractivity contribution in [1.29, 1.82) is 0 Å². The summed E-state index contributed by atoms with van der Waals surface area (Å²) in [7, 11) is 1.63. The summed E-state index contributed by atoms with van der Waals surface area (Å²) >= 11 is 0. The maximum atomic E-state index is 10.2. The number of hydrogen-bond acceptors (Lipinski definition) is 3. The Morgan fingerprint density at radius 1 is 1.50 bits per heavy atom. The molecule has 0 saturated carbocycles. The zero-order valence-corrected chi connectivity index (χ0v) is 7.58. The lowest BCUT2D eigenvalue weighted by Gasteiger charge is -2.09. The number of aliphatic carboxylic acids is 1. The average Bonchev–Trinajstić information content (AvgIpc) is 1.97. The molecule has 0 amide bonds. The summed E-state index contributed by atoms with van der Waals surface area (Å²) in [5.74, 6) is -0.825. The van der Waals surface area contributed by atoms with E-state index in [1.165, 1.54) is 0 Å². The summed E-state index contributed by atoms with van der Waals surface area (Å²) < 4.78 is 10.0. The van der Waals surface area contributed by atoms with Crippen LogP contribution >= 0.6 is 0 Å². The molecular weight excluding hydrogens is 160 g/mol. The number of carboxylic acid groups (broad SMARTS) is 1. The number of ether oxygens (including phenoxy) is 2. The summed E-state index contributed by atoms with van der Waals surface area (Å²) in [5, 5.41) is 8.38. The van der Waals surface area contributed by atoms with E-state index in [9.17, 15) is 4.79 Å². The van der Waals surface area contributed by atoms with Crippen LogP contribution in [0.3, 0.4) is 0 Å². The normalized spacial score (nSPS) is 12.8. The predicted octanol–water partition coefficient (Wildman–Crippen LogP) is 0.903. The molecule has 0 heterocycles. The predicted molar refractivity (Wildman–Crippen MR) is 44.2 cm³/mol. The van der Waals surface area contributed by atoms with Gasteiger partial charge in [0, 0.05) is 20.3 Å². The van der Waals surface area contributed by atoms with Gasteiger partial charge in [-0.3, -0.25) is 4.79 Å². The van der Waals surface area contributed by atoms with Crippen molar-refractivity contribution in [3.8, 4) is 0 Å². The zero-order chi connectivity index (χ0) is 9.40. The molecule has 4 nitrogen and oxygen atoms in total. The van der Waals surface area contributed by atoms with E-state index in [4.69, 9.17) is 14.6 Å². The molecule has 0 spiro atoms. The lowest BCUT2D eigenvalue weighted by Crippen LogP contribution is -2.14. The van der Waals surface area contributed by atoms with E-state index in [0.29, 0.717) is 13.2 Å². The van der Waals surface area contributed by atoms with Gasteiger partial charge < -0.3 is 14.6 Å². The second-order valence-corrected chi connectivity index (χ2v) is 2.63. The number of hydrogen-bond donors (Lipinski definition) is 1. The Bertz CT molecular complexity index is 124. The van der Waals surface area contributed by atoms with Crippen molar-refractivity contribution in [1.82, 2.24) is 0 Å². The lowest BCUT2D eigenvalue weighted by atomic mass is 10.3. The van der Waals surface area contributed by atoms with Gasteiger partial charge in [-0.05, 0) is 13.3 Å². The first-order chi connectivity index (χ1) is 5.66. The third-order valence-corrected chi connectivity index (χ3v) is 1.36. The molecular formula is C8H16O4. The number of rotatable bonds is 7. The third kappa shape index (κ3) is 7.50. The van der Waals surface area contributed by atoms with Crippen LogP contribution in [0.15, 0.2) is 0 Å². The van der Waals surface area contributed by atoms with E-state index < -0.39 is 5.97 Å². The second-order valence-electron chi connectivity index (χ2n) is 2.63. The van der Waals surface area contributed by atoms with Crippen LogP contribution in [-0.4, -0.2) is 37.5 Å². The van der Waals surface area contributed by atoms with Gasteiger partial charge in [0.1, 0.15) is 0 Å². The fourth-order valence-electron chi connectivity index (χ4n) is 0.793. The lowest BCUT2D eigenvalue weighted by molar-refractivity contribution is -0.139. The Kier molecular flexibility index (Phi) is 6.70. The first-order valence-electron chi connectivity index (χ1n) is 3.99. The summed E-state index contributed by atoms with van der Waals surface area (Å²) in [4.78, 5) is 10.2. The van der Waals surface area contributed by atoms with Gasteiger partial charge in [0.2, 0.25) is 0 Å². The van der Waals surface area contributed by atoms with Crippen molar-refractivity contribution in [3.63, 3.8) is 0 Å². The number of carbonyl (C=O) groups is 1. The number of methoxy groups -OCH3 is 1. The van der Waals surface area contributed by atoms with E-state index in [1.54, 1.807) is 14.0 Å². The van der Waals surface area contributed by atoms with Gasteiger partial charge in [-0.25, -0.2) is 0 Å². The molecule has 0 fully saturated rings. The maximum absolute atomic E-state index is 10.2. The fourth-order valence-corrected chi connectivity index (χ4v) is 0.793. The smallest absolute Gasteiger partial charge is 0.305 e. The molecule has 4 heteroatoms. The molecule has 0 saturated heterocycles. The van der Waals surface area contributed by atoms with E-state index in [1.807, 2.05) is 0 Å². The molecule has 0 aromatic rings. The van der Waals surface area contributed by atoms with Crippen molar-refractivity contribution < 1.29 is 19.4 Å². The molecule has 72 valence electrons. The molecule has 0 bridgehead atoms. The Hall–Kier alpha value is -0.610. The molecule has 1 N–H and O–H groups in total. The monoisotopic (exact) mass is 176 g/mol. The van der Waals surface area contributed by atoms with Crippen molar-refractivity contribution in [2.45, 2.75) is 25.9 Å². The Morgan fingerprint density at radius 2 is 2.17 bits per heavy atom. The molecule has 1 unspecified atom stereocenters. The summed E-state index contributed by atoms with van der Waals surface area (Å²) in [6, 6.07) is 0. The van der Waals surface area contributed by atoms with Crippen molar-refractivity contribution in [3.05, 3.63) is 0 Å². The van der Waals surface area contributed by atoms with Crippen LogP contribution in [0, 0.1) is 0 Å². The van der Waals surface area contributed by atoms with Crippen molar-refractivity contribution >= 4 is 5.97 Å². The van der Waals surface area contributed by atoms with Crippen LogP contribution < -0.4 is 0 Å². The Morgan fingerprint density at radius 3 is 2.67 bits per heavy atom. The van der Waals surface area contributed by atoms with Gasteiger partial charge in [0.15, 0.2) is 0 Å². The third-order valence-electron chi connectivity index (χ3n) is 1.36. The molecule has 12 heavy (non-hydrogen) atoms. The van der Waals surface area contributed by atoms with Gasteiger partial charge in [-0.1, -0.05) is 0 Å². The van der Waals surface area contributed by atoms with E-state index in [2.05, 4.69) is 0 Å². The largest absolute Gasteiger partial charge is 0.481 e. The van der Waals surface area contributed by atoms with Crippen LogP contribution in [0.1, 0.15) is 19.8 Å². The van der Waals surface area contributed by atoms with Gasteiger partial charge in [-0.2, -0.15) is 0 Å². The maximum Gasteiger partial charge on any atom is 0.305 e. The highest BCUT2D eigenvalue weighted by atomic mass is 16.5. The first-order valence-corrected chi connectivity index (χ1v) is 3.99. The minimum absolute atomic E-state index is 0.0625. The summed E-state index contributed by atoms with van der Waals surface area (Å²) in [5.41, 5.74) is 0. The molecule has 1 atom stereocenters. The first kappa shape index (κ1) is 11.4. The summed E-state index contributed by atoms with van der Waals surface area (Å²) in [6.07, 6.45) is 0.660. The minimum Gasteiger partial charge on any atom is -0.481 e. The van der Waals surface area contributed by atoms with Crippen LogP contribution in [-0.2, 0) is 14.3 Å². The van der Waals surface area contributed by atoms with Gasteiger partial charge in [-0.15, -0.1) is 0 Å². The van der Waals surface area contributed by atoms with Crippen LogP contribution in [0.25, 0.3) is 0 Å². The molecule has 0 aromatic carbocycles. The standard InChI is InChI=1S/C8H16O4/c1-7(6-8(9)10)12-5-3-4-11-2/h7H,3-6H2,1-2H3,(H,9,10). The van der Waals surface area contributed by atoms with Crippen molar-refractivity contribution in [2.24, 2.45) is 0 Å². The second kappa shape index (κ2) is 7.06. The molecule has 0 rings (SSSR count). The average molecular weight is 176 g/mol. The highest BCUT2D eigenvalue weighted by molar-refractivity contribution is 5.67. The van der Waals surface area contributed by atoms with Crippen LogP contribution in [0.2, 0.25) is 0 Å². The van der Waals surface area contributed by atoms with E-state index >= 15 is 0 Å². The quantitative estimate of drug-likeness (QED) is 0.585. The molecule has 0 aliphatic rings. The molecule has 0 aromatic heterocycles. The van der Waals surface area contributed by atoms with E-state index in [0.717, 1.165) is 6.42 Å². The SMILES string of the molecule is COCCCOC(C)CC(=O)O. The van der Waals surface area contributed by atoms with E-state index in [-0.39, 0.29) is 12.5 Å². The zero-order valence-electron chi connectivity index (χ0n) is 7.58. The van der Waals surface area contributed by atoms with Gasteiger partial charge >= 0.3 is 5.97 Å². The Balaban J connectivity index is 3.19. The summed E-state index contributed by atoms with van der Waals surface area (Å²) in [6.45, 7) is 2.96. The van der Waals surface area contributed by atoms with Crippen LogP contribution in [0.4, 0.5) is 0 Å². The molecule has 0 aliphatic carbocycles.